The Kier molecular flexibility index (Phi) is 5.21. The van der Waals surface area contributed by atoms with Crippen LogP contribution in [0.4, 0.5) is 0 Å². The maximum absolute atomic E-state index is 12.0. The summed E-state index contributed by atoms with van der Waals surface area (Å²) < 4.78 is 10.9. The van der Waals surface area contributed by atoms with E-state index in [-0.39, 0.29) is 18.6 Å². The summed E-state index contributed by atoms with van der Waals surface area (Å²) in [4.78, 5) is 13.9. The molecule has 0 aromatic heterocycles. The number of benzene rings is 1. The summed E-state index contributed by atoms with van der Waals surface area (Å²) in [5, 5.41) is 0. The number of hydrogen-bond acceptors (Lipinski definition) is 3. The maximum atomic E-state index is 12.0. The third kappa shape index (κ3) is 3.96. The van der Waals surface area contributed by atoms with Crippen LogP contribution in [-0.4, -0.2) is 43.2 Å². The molecule has 0 aliphatic carbocycles. The largest absolute Gasteiger partial charge is 0.491 e. The molecule has 1 aliphatic heterocycles. The topological polar surface area (TPSA) is 38.8 Å². The van der Waals surface area contributed by atoms with E-state index < -0.39 is 0 Å². The van der Waals surface area contributed by atoms with Gasteiger partial charge in [-0.25, -0.2) is 0 Å². The van der Waals surface area contributed by atoms with Crippen molar-refractivity contribution in [1.82, 2.24) is 4.90 Å². The lowest BCUT2D eigenvalue weighted by Gasteiger charge is -2.24. The van der Waals surface area contributed by atoms with Crippen molar-refractivity contribution in [3.8, 4) is 5.75 Å². The monoisotopic (exact) mass is 263 g/mol. The van der Waals surface area contributed by atoms with E-state index in [2.05, 4.69) is 0 Å². The molecular formula is C15H21NO3. The van der Waals surface area contributed by atoms with Crippen LogP contribution < -0.4 is 4.74 Å². The van der Waals surface area contributed by atoms with Crippen molar-refractivity contribution >= 4 is 5.91 Å². The van der Waals surface area contributed by atoms with Crippen molar-refractivity contribution in [2.45, 2.75) is 25.8 Å². The third-order valence-electron chi connectivity index (χ3n) is 3.31. The third-order valence-corrected chi connectivity index (χ3v) is 3.31. The average molecular weight is 263 g/mol. The van der Waals surface area contributed by atoms with Gasteiger partial charge < -0.3 is 14.4 Å². The van der Waals surface area contributed by atoms with Crippen molar-refractivity contribution in [1.29, 1.82) is 0 Å². The van der Waals surface area contributed by atoms with Crippen LogP contribution in [0, 0.1) is 0 Å². The van der Waals surface area contributed by atoms with Gasteiger partial charge in [-0.05, 0) is 31.9 Å². The fourth-order valence-electron chi connectivity index (χ4n) is 2.32. The molecule has 2 rings (SSSR count). The number of likely N-dealkylation sites (tertiary alicyclic amines) is 1. The van der Waals surface area contributed by atoms with Crippen molar-refractivity contribution in [2.75, 3.05) is 26.4 Å². The summed E-state index contributed by atoms with van der Waals surface area (Å²) in [7, 11) is 0. The summed E-state index contributed by atoms with van der Waals surface area (Å²) >= 11 is 0. The van der Waals surface area contributed by atoms with Gasteiger partial charge in [-0.3, -0.25) is 4.79 Å². The minimum atomic E-state index is 0.0704. The van der Waals surface area contributed by atoms with Gasteiger partial charge in [-0.15, -0.1) is 0 Å². The fourth-order valence-corrected chi connectivity index (χ4v) is 2.32. The van der Waals surface area contributed by atoms with E-state index in [1.165, 1.54) is 0 Å². The molecule has 1 amide bonds. The molecule has 1 saturated heterocycles. The molecule has 1 atom stereocenters. The highest BCUT2D eigenvalue weighted by Crippen LogP contribution is 2.19. The van der Waals surface area contributed by atoms with Gasteiger partial charge in [0.2, 0.25) is 5.91 Å². The van der Waals surface area contributed by atoms with Gasteiger partial charge in [0, 0.05) is 13.2 Å². The molecule has 0 N–H and O–H groups in total. The Balaban J connectivity index is 1.83. The summed E-state index contributed by atoms with van der Waals surface area (Å²) in [6.07, 6.45) is 2.05. The zero-order chi connectivity index (χ0) is 13.5. The normalized spacial score (nSPS) is 18.6. The summed E-state index contributed by atoms with van der Waals surface area (Å²) in [5.41, 5.74) is 0. The highest BCUT2D eigenvalue weighted by Gasteiger charge is 2.28. The fraction of sp³-hybridized carbons (Fsp3) is 0.533. The Labute approximate surface area is 114 Å². The lowest BCUT2D eigenvalue weighted by molar-refractivity contribution is -0.137. The van der Waals surface area contributed by atoms with Crippen LogP contribution in [0.1, 0.15) is 19.8 Å². The Bertz CT molecular complexity index is 394. The summed E-state index contributed by atoms with van der Waals surface area (Å²) in [6, 6.07) is 9.89. The molecule has 1 fully saturated rings. The number of ether oxygens (including phenoxy) is 2. The molecule has 0 bridgehead atoms. The molecule has 0 radical (unpaired) electrons. The van der Waals surface area contributed by atoms with Crippen molar-refractivity contribution in [3.05, 3.63) is 30.3 Å². The van der Waals surface area contributed by atoms with Crippen molar-refractivity contribution in [3.63, 3.8) is 0 Å². The van der Waals surface area contributed by atoms with Crippen LogP contribution in [0.15, 0.2) is 30.3 Å². The predicted molar refractivity (Wildman–Crippen MR) is 73.2 cm³/mol. The van der Waals surface area contributed by atoms with E-state index in [4.69, 9.17) is 9.47 Å². The summed E-state index contributed by atoms with van der Waals surface area (Å²) in [5.74, 6) is 0.924. The van der Waals surface area contributed by atoms with E-state index in [1.54, 1.807) is 0 Å². The second-order valence-electron chi connectivity index (χ2n) is 4.64. The van der Waals surface area contributed by atoms with E-state index >= 15 is 0 Å². The minimum Gasteiger partial charge on any atom is -0.491 e. The highest BCUT2D eigenvalue weighted by molar-refractivity contribution is 5.78. The Morgan fingerprint density at radius 3 is 2.89 bits per heavy atom. The molecule has 0 saturated carbocycles. The van der Waals surface area contributed by atoms with E-state index in [0.29, 0.717) is 13.2 Å². The Morgan fingerprint density at radius 1 is 1.37 bits per heavy atom. The molecule has 1 aromatic carbocycles. The first-order valence-electron chi connectivity index (χ1n) is 6.86. The lowest BCUT2D eigenvalue weighted by Crippen LogP contribution is -2.41. The first-order chi connectivity index (χ1) is 9.31. The van der Waals surface area contributed by atoms with Crippen molar-refractivity contribution < 1.29 is 14.3 Å². The van der Waals surface area contributed by atoms with Gasteiger partial charge in [0.05, 0.1) is 6.04 Å². The molecule has 1 aromatic rings. The zero-order valence-electron chi connectivity index (χ0n) is 11.4. The number of nitrogens with zero attached hydrogens (tertiary/aromatic N) is 1. The number of para-hydroxylation sites is 1. The molecule has 19 heavy (non-hydrogen) atoms. The SMILES string of the molecule is CCOCC(=O)N1CCC[C@@H]1COc1ccccc1. The molecule has 0 spiro atoms. The smallest absolute Gasteiger partial charge is 0.248 e. The molecule has 1 heterocycles. The number of hydrogen-bond donors (Lipinski definition) is 0. The average Bonchev–Trinajstić information content (AvgIpc) is 2.92. The second-order valence-corrected chi connectivity index (χ2v) is 4.64. The van der Waals surface area contributed by atoms with Crippen LogP contribution in [0.5, 0.6) is 5.75 Å². The maximum Gasteiger partial charge on any atom is 0.248 e. The van der Waals surface area contributed by atoms with Gasteiger partial charge in [-0.2, -0.15) is 0 Å². The minimum absolute atomic E-state index is 0.0704. The number of carbonyl (C=O) groups excluding carboxylic acids is 1. The van der Waals surface area contributed by atoms with Crippen LogP contribution in [-0.2, 0) is 9.53 Å². The summed E-state index contributed by atoms with van der Waals surface area (Å²) in [6.45, 7) is 4.02. The Morgan fingerprint density at radius 2 is 2.16 bits per heavy atom. The second kappa shape index (κ2) is 7.14. The molecular weight excluding hydrogens is 242 g/mol. The zero-order valence-corrected chi connectivity index (χ0v) is 11.4. The first-order valence-corrected chi connectivity index (χ1v) is 6.86. The van der Waals surface area contributed by atoms with Crippen LogP contribution in [0.25, 0.3) is 0 Å². The van der Waals surface area contributed by atoms with E-state index in [0.717, 1.165) is 25.1 Å². The molecule has 1 aliphatic rings. The van der Waals surface area contributed by atoms with Gasteiger partial charge >= 0.3 is 0 Å². The molecule has 4 heteroatoms. The number of amides is 1. The highest BCUT2D eigenvalue weighted by atomic mass is 16.5. The van der Waals surface area contributed by atoms with Crippen LogP contribution >= 0.6 is 0 Å². The van der Waals surface area contributed by atoms with Crippen LogP contribution in [0.2, 0.25) is 0 Å². The van der Waals surface area contributed by atoms with Gasteiger partial charge in [-0.1, -0.05) is 18.2 Å². The Hall–Kier alpha value is -1.55. The number of carbonyl (C=O) groups is 1. The predicted octanol–water partition coefficient (Wildman–Crippen LogP) is 2.09. The molecule has 0 unspecified atom stereocenters. The van der Waals surface area contributed by atoms with Gasteiger partial charge in [0.15, 0.2) is 0 Å². The van der Waals surface area contributed by atoms with Gasteiger partial charge in [0.25, 0.3) is 0 Å². The molecule has 4 nitrogen and oxygen atoms in total. The quantitative estimate of drug-likeness (QED) is 0.789. The van der Waals surface area contributed by atoms with Crippen molar-refractivity contribution in [2.24, 2.45) is 0 Å². The molecule has 104 valence electrons. The van der Waals surface area contributed by atoms with Gasteiger partial charge in [0.1, 0.15) is 19.0 Å². The van der Waals surface area contributed by atoms with E-state index in [1.807, 2.05) is 42.2 Å². The standard InChI is InChI=1S/C15H21NO3/c1-2-18-12-15(17)16-10-6-7-13(16)11-19-14-8-4-3-5-9-14/h3-5,8-9,13H,2,6-7,10-12H2,1H3/t13-/m1/s1. The van der Waals surface area contributed by atoms with Crippen LogP contribution in [0.3, 0.4) is 0 Å². The number of rotatable bonds is 6. The first kappa shape index (κ1) is 13.9. The lowest BCUT2D eigenvalue weighted by atomic mass is 10.2. The van der Waals surface area contributed by atoms with E-state index in [9.17, 15) is 4.79 Å².